The fourth-order valence-electron chi connectivity index (χ4n) is 4.37. The van der Waals surface area contributed by atoms with E-state index in [1.807, 2.05) is 18.2 Å². The molecule has 0 radical (unpaired) electrons. The van der Waals surface area contributed by atoms with E-state index in [4.69, 9.17) is 0 Å². The zero-order valence-corrected chi connectivity index (χ0v) is 19.9. The van der Waals surface area contributed by atoms with Gasteiger partial charge in [0.25, 0.3) is 5.91 Å². The van der Waals surface area contributed by atoms with Crippen LogP contribution in [0, 0.1) is 0 Å². The topological polar surface area (TPSA) is 94.6 Å². The molecule has 194 valence electrons. The molecule has 37 heavy (non-hydrogen) atoms. The smallest absolute Gasteiger partial charge is 0.356 e. The van der Waals surface area contributed by atoms with Crippen molar-refractivity contribution in [2.24, 2.45) is 0 Å². The third kappa shape index (κ3) is 5.82. The number of carbonyl (C=O) groups excluding carboxylic acids is 3. The summed E-state index contributed by atoms with van der Waals surface area (Å²) in [5.41, 5.74) is 1.11. The van der Waals surface area contributed by atoms with E-state index < -0.39 is 23.8 Å². The van der Waals surface area contributed by atoms with Gasteiger partial charge in [0.15, 0.2) is 0 Å². The third-order valence-corrected chi connectivity index (χ3v) is 6.22. The normalized spacial score (nSPS) is 17.5. The number of halogens is 3. The lowest BCUT2D eigenvalue weighted by Gasteiger charge is -2.33. The summed E-state index contributed by atoms with van der Waals surface area (Å²) in [6.45, 7) is 4.44. The Labute approximate surface area is 211 Å². The fourth-order valence-corrected chi connectivity index (χ4v) is 4.37. The molecule has 2 aliphatic rings. The van der Waals surface area contributed by atoms with Crippen LogP contribution in [0.3, 0.4) is 0 Å². The summed E-state index contributed by atoms with van der Waals surface area (Å²) in [5, 5.41) is 5.53. The number of carbonyl (C=O) groups is 3. The van der Waals surface area contributed by atoms with Crippen molar-refractivity contribution in [2.75, 3.05) is 26.2 Å². The predicted octanol–water partition coefficient (Wildman–Crippen LogP) is 3.20. The zero-order chi connectivity index (χ0) is 26.6. The second-order valence-corrected chi connectivity index (χ2v) is 8.66. The quantitative estimate of drug-likeness (QED) is 0.504. The number of aromatic nitrogens is 1. The van der Waals surface area contributed by atoms with Crippen LogP contribution in [0.1, 0.15) is 29.3 Å². The van der Waals surface area contributed by atoms with Gasteiger partial charge in [-0.05, 0) is 29.8 Å². The Morgan fingerprint density at radius 2 is 1.95 bits per heavy atom. The van der Waals surface area contributed by atoms with Gasteiger partial charge < -0.3 is 15.5 Å². The largest absolute Gasteiger partial charge is 0.416 e. The van der Waals surface area contributed by atoms with Crippen molar-refractivity contribution in [1.29, 1.82) is 0 Å². The van der Waals surface area contributed by atoms with Crippen LogP contribution in [0.5, 0.6) is 0 Å². The summed E-state index contributed by atoms with van der Waals surface area (Å²) >= 11 is 0. The molecule has 1 aromatic heterocycles. The Balaban J connectivity index is 1.45. The van der Waals surface area contributed by atoms with Crippen LogP contribution in [0.25, 0.3) is 0 Å². The second-order valence-electron chi connectivity index (χ2n) is 8.66. The average molecular weight is 514 g/mol. The number of rotatable bonds is 9. The molecule has 1 aromatic carbocycles. The molecule has 0 saturated heterocycles. The zero-order valence-electron chi connectivity index (χ0n) is 19.9. The minimum atomic E-state index is -4.50. The maximum atomic E-state index is 13.4. The fraction of sp³-hybridized carbons (Fsp3) is 0.308. The molecule has 2 aliphatic heterocycles. The van der Waals surface area contributed by atoms with Crippen molar-refractivity contribution in [1.82, 2.24) is 25.4 Å². The van der Waals surface area contributed by atoms with E-state index in [-0.39, 0.29) is 43.4 Å². The van der Waals surface area contributed by atoms with E-state index in [1.165, 1.54) is 28.0 Å². The molecular weight excluding hydrogens is 487 g/mol. The van der Waals surface area contributed by atoms with Crippen molar-refractivity contribution in [3.8, 4) is 0 Å². The lowest BCUT2D eigenvalue weighted by atomic mass is 9.94. The predicted molar refractivity (Wildman–Crippen MR) is 129 cm³/mol. The number of nitrogens with zero attached hydrogens (tertiary/aromatic N) is 3. The third-order valence-electron chi connectivity index (χ3n) is 6.22. The number of amides is 4. The van der Waals surface area contributed by atoms with Crippen molar-refractivity contribution < 1.29 is 27.6 Å². The van der Waals surface area contributed by atoms with Gasteiger partial charge in [0.05, 0.1) is 29.4 Å². The molecule has 2 aromatic rings. The molecule has 4 rings (SSSR count). The highest BCUT2D eigenvalue weighted by molar-refractivity contribution is 6.01. The molecule has 11 heteroatoms. The number of nitrogens with one attached hydrogen (secondary N) is 2. The van der Waals surface area contributed by atoms with Crippen molar-refractivity contribution >= 4 is 17.8 Å². The van der Waals surface area contributed by atoms with Gasteiger partial charge in [0.1, 0.15) is 0 Å². The summed E-state index contributed by atoms with van der Waals surface area (Å²) in [6.07, 6.45) is -0.674. The molecule has 0 fully saturated rings. The van der Waals surface area contributed by atoms with Crippen molar-refractivity contribution in [3.63, 3.8) is 0 Å². The van der Waals surface area contributed by atoms with E-state index in [0.717, 1.165) is 17.8 Å². The van der Waals surface area contributed by atoms with Crippen LogP contribution in [-0.4, -0.2) is 58.8 Å². The molecule has 3 heterocycles. The first-order chi connectivity index (χ1) is 17.7. The van der Waals surface area contributed by atoms with E-state index in [9.17, 15) is 27.6 Å². The summed E-state index contributed by atoms with van der Waals surface area (Å²) in [6, 6.07) is 8.51. The Morgan fingerprint density at radius 3 is 2.59 bits per heavy atom. The van der Waals surface area contributed by atoms with Gasteiger partial charge in [-0.15, -0.1) is 6.58 Å². The van der Waals surface area contributed by atoms with Gasteiger partial charge in [0.2, 0.25) is 5.91 Å². The molecule has 8 nitrogen and oxygen atoms in total. The minimum absolute atomic E-state index is 0.0578. The number of benzene rings is 1. The van der Waals surface area contributed by atoms with Gasteiger partial charge in [0, 0.05) is 44.4 Å². The molecule has 2 N–H and O–H groups in total. The van der Waals surface area contributed by atoms with E-state index in [1.54, 1.807) is 6.20 Å². The van der Waals surface area contributed by atoms with Gasteiger partial charge in [-0.2, -0.15) is 13.2 Å². The Hall–Kier alpha value is -4.15. The van der Waals surface area contributed by atoms with Crippen LogP contribution in [0.15, 0.2) is 72.6 Å². The summed E-state index contributed by atoms with van der Waals surface area (Å²) < 4.78 is 39.0. The Kier molecular flexibility index (Phi) is 7.61. The van der Waals surface area contributed by atoms with E-state index in [0.29, 0.717) is 24.2 Å². The number of alkyl halides is 3. The van der Waals surface area contributed by atoms with E-state index >= 15 is 0 Å². The molecule has 0 bridgehead atoms. The maximum absolute atomic E-state index is 13.4. The van der Waals surface area contributed by atoms with Gasteiger partial charge >= 0.3 is 12.2 Å². The highest BCUT2D eigenvalue weighted by Gasteiger charge is 2.43. The molecular formula is C26H26F3N5O3. The first-order valence-electron chi connectivity index (χ1n) is 11.7. The first kappa shape index (κ1) is 25.9. The monoisotopic (exact) mass is 513 g/mol. The number of hydrogen-bond acceptors (Lipinski definition) is 4. The van der Waals surface area contributed by atoms with Crippen LogP contribution < -0.4 is 10.6 Å². The van der Waals surface area contributed by atoms with Gasteiger partial charge in [-0.25, -0.2) is 4.79 Å². The highest BCUT2D eigenvalue weighted by atomic mass is 19.4. The maximum Gasteiger partial charge on any atom is 0.416 e. The average Bonchev–Trinajstić information content (AvgIpc) is 3.20. The Bertz CT molecular complexity index is 1210. The first-order valence-corrected chi connectivity index (χ1v) is 11.7. The van der Waals surface area contributed by atoms with Gasteiger partial charge in [-0.3, -0.25) is 19.5 Å². The van der Waals surface area contributed by atoms with Gasteiger partial charge in [-0.1, -0.05) is 24.3 Å². The minimum Gasteiger partial charge on any atom is -0.356 e. The number of pyridine rings is 1. The van der Waals surface area contributed by atoms with Crippen LogP contribution in [-0.2, 0) is 22.2 Å². The van der Waals surface area contributed by atoms with Crippen molar-refractivity contribution in [2.45, 2.75) is 25.1 Å². The van der Waals surface area contributed by atoms with E-state index in [2.05, 4.69) is 22.2 Å². The number of urea groups is 1. The van der Waals surface area contributed by atoms with Crippen molar-refractivity contribution in [3.05, 3.63) is 89.4 Å². The molecule has 0 spiro atoms. The molecule has 0 aliphatic carbocycles. The van der Waals surface area contributed by atoms with Crippen LogP contribution in [0.4, 0.5) is 18.0 Å². The van der Waals surface area contributed by atoms with Crippen LogP contribution in [0.2, 0.25) is 0 Å². The summed E-state index contributed by atoms with van der Waals surface area (Å²) in [5.74, 6) is -0.611. The lowest BCUT2D eigenvalue weighted by Crippen LogP contribution is -2.47. The summed E-state index contributed by atoms with van der Waals surface area (Å²) in [4.78, 5) is 45.6. The highest BCUT2D eigenvalue weighted by Crippen LogP contribution is 2.37. The Morgan fingerprint density at radius 1 is 1.19 bits per heavy atom. The summed E-state index contributed by atoms with van der Waals surface area (Å²) in [7, 11) is 0. The second kappa shape index (κ2) is 10.9. The number of hydrogen-bond donors (Lipinski definition) is 2. The molecule has 0 saturated carbocycles. The SMILES string of the molecule is C=CCN1C(=O)N[C@@H](c2ccc(C(F)(F)F)cc2)C2=C1CN(CCC(=O)NCCc1ccccn1)C2=O. The van der Waals surface area contributed by atoms with Crippen LogP contribution >= 0.6 is 0 Å². The standard InChI is InChI=1S/C26H26F3N5O3/c1-2-14-34-20-16-33(15-11-21(35)31-13-10-19-5-3-4-12-30-19)24(36)22(20)23(32-25(34)37)17-6-8-18(9-7-17)26(27,28)29/h2-9,12,23H,1,10-11,13-16H2,(H,31,35)(H,32,37)/t23-/m0/s1. The lowest BCUT2D eigenvalue weighted by molar-refractivity contribution is -0.137. The molecule has 1 atom stereocenters. The molecule has 0 unspecified atom stereocenters. The molecule has 4 amide bonds.